The lowest BCUT2D eigenvalue weighted by molar-refractivity contribution is -0.158. The van der Waals surface area contributed by atoms with E-state index < -0.39 is 36.4 Å². The molecule has 0 aromatic carbocycles. The van der Waals surface area contributed by atoms with Crippen molar-refractivity contribution in [2.75, 3.05) is 6.61 Å². The lowest BCUT2D eigenvalue weighted by atomic mass is 9.88. The number of hydrogen-bond acceptors (Lipinski definition) is 7. The Bertz CT molecular complexity index is 497. The number of unbranched alkanes of at least 4 members (excludes halogenated alkanes) is 7. The molecule has 0 radical (unpaired) electrons. The first-order chi connectivity index (χ1) is 13.7. The van der Waals surface area contributed by atoms with Crippen molar-refractivity contribution < 1.29 is 35.1 Å². The highest BCUT2D eigenvalue weighted by Crippen LogP contribution is 2.15. The number of aliphatic hydroxyl groups is 4. The van der Waals surface area contributed by atoms with Crippen molar-refractivity contribution in [3.63, 3.8) is 0 Å². The van der Waals surface area contributed by atoms with Crippen molar-refractivity contribution >= 4 is 11.8 Å². The predicted molar refractivity (Wildman–Crippen MR) is 110 cm³/mol. The molecule has 0 rings (SSSR count). The molecule has 0 aromatic heterocycles. The molecular formula is C21H39NO7. The fraction of sp³-hybridized carbons (Fsp3) is 0.810. The van der Waals surface area contributed by atoms with Gasteiger partial charge in [0.05, 0.1) is 6.61 Å². The van der Waals surface area contributed by atoms with Gasteiger partial charge in [0, 0.05) is 12.8 Å². The van der Waals surface area contributed by atoms with Crippen LogP contribution < -0.4 is 5.73 Å². The molecule has 0 saturated carbocycles. The van der Waals surface area contributed by atoms with Crippen LogP contribution in [0, 0.1) is 0 Å². The SMILES string of the molecule is CCCCCCC(=O)CCCCCC/C=C/C(O)[C@H](O)[C@@H](O)[C@@](N)(CO)C(=O)O. The molecule has 0 aromatic rings. The minimum Gasteiger partial charge on any atom is -0.480 e. The Balaban J connectivity index is 3.99. The average molecular weight is 418 g/mol. The molecule has 0 spiro atoms. The summed E-state index contributed by atoms with van der Waals surface area (Å²) in [7, 11) is 0. The average Bonchev–Trinajstić information content (AvgIpc) is 2.70. The fourth-order valence-corrected chi connectivity index (χ4v) is 2.94. The second-order valence-electron chi connectivity index (χ2n) is 7.66. The normalized spacial score (nSPS) is 17.0. The molecule has 0 aliphatic heterocycles. The van der Waals surface area contributed by atoms with E-state index in [-0.39, 0.29) is 0 Å². The van der Waals surface area contributed by atoms with Crippen LogP contribution in [0.4, 0.5) is 0 Å². The molecular weight excluding hydrogens is 378 g/mol. The van der Waals surface area contributed by atoms with Gasteiger partial charge in [0.2, 0.25) is 0 Å². The van der Waals surface area contributed by atoms with Gasteiger partial charge in [-0.2, -0.15) is 0 Å². The number of aliphatic hydroxyl groups excluding tert-OH is 4. The Morgan fingerprint density at radius 1 is 0.966 bits per heavy atom. The predicted octanol–water partition coefficient (Wildman–Crippen LogP) is 1.28. The Kier molecular flexibility index (Phi) is 14.8. The van der Waals surface area contributed by atoms with Gasteiger partial charge in [0.25, 0.3) is 0 Å². The molecule has 8 nitrogen and oxygen atoms in total. The highest BCUT2D eigenvalue weighted by molar-refractivity contribution is 5.79. The van der Waals surface area contributed by atoms with Crippen molar-refractivity contribution in [2.45, 2.75) is 101 Å². The summed E-state index contributed by atoms with van der Waals surface area (Å²) in [5.74, 6) is -1.35. The highest BCUT2D eigenvalue weighted by atomic mass is 16.4. The summed E-state index contributed by atoms with van der Waals surface area (Å²) >= 11 is 0. The summed E-state index contributed by atoms with van der Waals surface area (Å²) in [5, 5.41) is 47.7. The third-order valence-corrected chi connectivity index (χ3v) is 5.08. The van der Waals surface area contributed by atoms with Gasteiger partial charge in [-0.05, 0) is 25.7 Å². The maximum atomic E-state index is 11.7. The van der Waals surface area contributed by atoms with Crippen molar-refractivity contribution in [3.8, 4) is 0 Å². The first kappa shape index (κ1) is 27.7. The van der Waals surface area contributed by atoms with Crippen LogP contribution in [0.3, 0.4) is 0 Å². The molecule has 0 fully saturated rings. The molecule has 0 heterocycles. The third-order valence-electron chi connectivity index (χ3n) is 5.08. The first-order valence-corrected chi connectivity index (χ1v) is 10.6. The maximum absolute atomic E-state index is 11.7. The van der Waals surface area contributed by atoms with Gasteiger partial charge in [0.15, 0.2) is 5.54 Å². The van der Waals surface area contributed by atoms with E-state index in [0.717, 1.165) is 44.9 Å². The summed E-state index contributed by atoms with van der Waals surface area (Å²) in [6, 6.07) is 0. The second-order valence-corrected chi connectivity index (χ2v) is 7.66. The van der Waals surface area contributed by atoms with Gasteiger partial charge in [-0.3, -0.25) is 9.59 Å². The van der Waals surface area contributed by atoms with Crippen LogP contribution in [-0.4, -0.2) is 67.7 Å². The summed E-state index contributed by atoms with van der Waals surface area (Å²) in [6.45, 7) is 1.06. The number of allylic oxidation sites excluding steroid dienone is 1. The van der Waals surface area contributed by atoms with Crippen LogP contribution in [0.5, 0.6) is 0 Å². The molecule has 0 aliphatic carbocycles. The Morgan fingerprint density at radius 3 is 2.03 bits per heavy atom. The zero-order valence-corrected chi connectivity index (χ0v) is 17.5. The lowest BCUT2D eigenvalue weighted by Gasteiger charge is -2.32. The van der Waals surface area contributed by atoms with Gasteiger partial charge in [0.1, 0.15) is 24.1 Å². The number of nitrogens with two attached hydrogens (primary N) is 1. The van der Waals surface area contributed by atoms with Crippen molar-refractivity contribution in [1.29, 1.82) is 0 Å². The highest BCUT2D eigenvalue weighted by Gasteiger charge is 2.46. The van der Waals surface area contributed by atoms with Crippen molar-refractivity contribution in [1.82, 2.24) is 0 Å². The molecule has 4 atom stereocenters. The minimum atomic E-state index is -2.46. The molecule has 8 heteroatoms. The van der Waals surface area contributed by atoms with E-state index in [9.17, 15) is 24.9 Å². The van der Waals surface area contributed by atoms with Crippen LogP contribution in [0.15, 0.2) is 12.2 Å². The smallest absolute Gasteiger partial charge is 0.328 e. The summed E-state index contributed by atoms with van der Waals surface area (Å²) in [6.07, 6.45) is 7.50. The molecule has 7 N–H and O–H groups in total. The van der Waals surface area contributed by atoms with E-state index in [4.69, 9.17) is 15.9 Å². The van der Waals surface area contributed by atoms with Gasteiger partial charge < -0.3 is 31.3 Å². The second kappa shape index (κ2) is 15.5. The maximum Gasteiger partial charge on any atom is 0.328 e. The van der Waals surface area contributed by atoms with Crippen LogP contribution in [0.2, 0.25) is 0 Å². The summed E-state index contributed by atoms with van der Waals surface area (Å²) < 4.78 is 0. The van der Waals surface area contributed by atoms with Crippen LogP contribution >= 0.6 is 0 Å². The largest absolute Gasteiger partial charge is 0.480 e. The van der Waals surface area contributed by atoms with Gasteiger partial charge in [-0.1, -0.05) is 51.2 Å². The molecule has 29 heavy (non-hydrogen) atoms. The molecule has 0 bridgehead atoms. The van der Waals surface area contributed by atoms with Crippen LogP contribution in [-0.2, 0) is 9.59 Å². The summed E-state index contributed by atoms with van der Waals surface area (Å²) in [5.41, 5.74) is 2.93. The molecule has 0 saturated heterocycles. The number of hydrogen-bond donors (Lipinski definition) is 6. The van der Waals surface area contributed by atoms with Crippen molar-refractivity contribution in [3.05, 3.63) is 12.2 Å². The topological polar surface area (TPSA) is 161 Å². The van der Waals surface area contributed by atoms with Crippen molar-refractivity contribution in [2.24, 2.45) is 5.73 Å². The van der Waals surface area contributed by atoms with E-state index >= 15 is 0 Å². The minimum absolute atomic E-state index is 0.330. The van der Waals surface area contributed by atoms with Gasteiger partial charge >= 0.3 is 5.97 Å². The van der Waals surface area contributed by atoms with E-state index in [2.05, 4.69) is 6.92 Å². The number of ketones is 1. The van der Waals surface area contributed by atoms with Gasteiger partial charge in [-0.25, -0.2) is 0 Å². The monoisotopic (exact) mass is 417 g/mol. The first-order valence-electron chi connectivity index (χ1n) is 10.6. The number of carboxylic acid groups (broad SMARTS) is 1. The van der Waals surface area contributed by atoms with E-state index in [1.165, 1.54) is 12.5 Å². The zero-order valence-electron chi connectivity index (χ0n) is 17.5. The number of carboxylic acids is 1. The van der Waals surface area contributed by atoms with E-state index in [1.54, 1.807) is 6.08 Å². The quantitative estimate of drug-likeness (QED) is 0.144. The number of carbonyl (C=O) groups excluding carboxylic acids is 1. The number of aliphatic carboxylic acids is 1. The standard InChI is InChI=1S/C21H39NO7/c1-2-3-4-9-12-16(24)13-10-7-5-6-8-11-14-17(25)18(26)19(27)21(22,15-23)20(28)29/h11,14,17-19,23,25-27H,2-10,12-13,15,22H2,1H3,(H,28,29)/b14-11+/t17?,18-,19+,21-/m0/s1. The number of rotatable bonds is 18. The van der Waals surface area contributed by atoms with Crippen LogP contribution in [0.25, 0.3) is 0 Å². The third kappa shape index (κ3) is 10.9. The number of carbonyl (C=O) groups is 2. The fourth-order valence-electron chi connectivity index (χ4n) is 2.94. The zero-order chi connectivity index (χ0) is 22.3. The lowest BCUT2D eigenvalue weighted by Crippen LogP contribution is -2.65. The molecule has 1 unspecified atom stereocenters. The molecule has 0 aliphatic rings. The molecule has 170 valence electrons. The number of Topliss-reactive ketones (excluding diaryl/α,β-unsaturated/α-hetero) is 1. The van der Waals surface area contributed by atoms with Crippen LogP contribution in [0.1, 0.15) is 77.6 Å². The molecule has 0 amide bonds. The van der Waals surface area contributed by atoms with E-state index in [1.807, 2.05) is 0 Å². The van der Waals surface area contributed by atoms with Gasteiger partial charge in [-0.15, -0.1) is 0 Å². The Hall–Kier alpha value is -1.32. The Morgan fingerprint density at radius 2 is 1.52 bits per heavy atom. The summed E-state index contributed by atoms with van der Waals surface area (Å²) in [4.78, 5) is 22.8. The Labute approximate surface area is 173 Å². The van der Waals surface area contributed by atoms with E-state index in [0.29, 0.717) is 25.0 Å².